The van der Waals surface area contributed by atoms with E-state index in [9.17, 15) is 14.9 Å². The van der Waals surface area contributed by atoms with Gasteiger partial charge in [0, 0.05) is 12.3 Å². The van der Waals surface area contributed by atoms with Crippen LogP contribution in [-0.4, -0.2) is 22.3 Å². The van der Waals surface area contributed by atoms with Gasteiger partial charge in [-0.2, -0.15) is 0 Å². The molecule has 2 N–H and O–H groups in total. The van der Waals surface area contributed by atoms with E-state index in [-0.39, 0.29) is 17.0 Å². The Morgan fingerprint density at radius 2 is 2.24 bits per heavy atom. The minimum absolute atomic E-state index is 0.0655. The lowest BCUT2D eigenvalue weighted by Crippen LogP contribution is -2.16. The van der Waals surface area contributed by atoms with E-state index in [0.717, 1.165) is 0 Å². The van der Waals surface area contributed by atoms with Crippen molar-refractivity contribution in [2.45, 2.75) is 0 Å². The second kappa shape index (κ2) is 6.29. The molecule has 0 radical (unpaired) electrons. The van der Waals surface area contributed by atoms with Gasteiger partial charge in [-0.1, -0.05) is 12.1 Å². The summed E-state index contributed by atoms with van der Waals surface area (Å²) in [6, 6.07) is 5.91. The number of carboxylic acids is 1. The quantitative estimate of drug-likeness (QED) is 0.650. The Balaban J connectivity index is 2.43. The Labute approximate surface area is 119 Å². The SMILES string of the molecule is O=C(O)c1cccc(C=C(C2=CC=CN=CN2)[N+](=O)[O-])c1. The largest absolute Gasteiger partial charge is 0.478 e. The highest BCUT2D eigenvalue weighted by atomic mass is 16.6. The van der Waals surface area contributed by atoms with E-state index >= 15 is 0 Å². The second-order valence-corrected chi connectivity index (χ2v) is 4.06. The van der Waals surface area contributed by atoms with Crippen molar-refractivity contribution >= 4 is 18.4 Å². The summed E-state index contributed by atoms with van der Waals surface area (Å²) in [5, 5.41) is 22.8. The number of aromatic carboxylic acids is 1. The highest BCUT2D eigenvalue weighted by molar-refractivity contribution is 5.88. The number of nitrogens with one attached hydrogen (secondary N) is 1. The van der Waals surface area contributed by atoms with Crippen molar-refractivity contribution < 1.29 is 14.8 Å². The summed E-state index contributed by atoms with van der Waals surface area (Å²) in [6.45, 7) is 0. The predicted molar refractivity (Wildman–Crippen MR) is 77.2 cm³/mol. The van der Waals surface area contributed by atoms with Crippen LogP contribution in [0.5, 0.6) is 0 Å². The van der Waals surface area contributed by atoms with Gasteiger partial charge in [-0.15, -0.1) is 0 Å². The molecule has 1 aliphatic rings. The zero-order valence-electron chi connectivity index (χ0n) is 10.8. The standard InChI is InChI=1S/C14H11N3O4/c18-14(19)11-4-1-3-10(7-11)8-13(17(20)21)12-5-2-6-15-9-16-12/h1-9H,(H,15,16)(H,18,19). The normalized spacial score (nSPS) is 14.1. The van der Waals surface area contributed by atoms with Crippen LogP contribution in [0.1, 0.15) is 15.9 Å². The van der Waals surface area contributed by atoms with Crippen molar-refractivity contribution in [3.05, 3.63) is 75.3 Å². The summed E-state index contributed by atoms with van der Waals surface area (Å²) in [6.07, 6.45) is 7.21. The predicted octanol–water partition coefficient (Wildman–Crippen LogP) is 2.03. The molecule has 2 rings (SSSR count). The molecule has 0 fully saturated rings. The third-order valence-electron chi connectivity index (χ3n) is 2.64. The first-order chi connectivity index (χ1) is 10.1. The maximum Gasteiger partial charge on any atom is 0.335 e. The van der Waals surface area contributed by atoms with Crippen molar-refractivity contribution in [3.63, 3.8) is 0 Å². The fraction of sp³-hybridized carbons (Fsp3) is 0. The second-order valence-electron chi connectivity index (χ2n) is 4.06. The number of nitrogens with zero attached hydrogens (tertiary/aromatic N) is 2. The molecule has 7 heteroatoms. The van der Waals surface area contributed by atoms with Gasteiger partial charge in [-0.25, -0.2) is 9.79 Å². The van der Waals surface area contributed by atoms with Crippen molar-refractivity contribution in [2.24, 2.45) is 4.99 Å². The monoisotopic (exact) mass is 285 g/mol. The van der Waals surface area contributed by atoms with Gasteiger partial charge >= 0.3 is 5.97 Å². The Kier molecular flexibility index (Phi) is 4.25. The summed E-state index contributed by atoms with van der Waals surface area (Å²) < 4.78 is 0. The van der Waals surface area contributed by atoms with E-state index in [1.165, 1.54) is 42.9 Å². The molecule has 106 valence electrons. The summed E-state index contributed by atoms with van der Waals surface area (Å²) in [4.78, 5) is 25.4. The third kappa shape index (κ3) is 3.63. The smallest absolute Gasteiger partial charge is 0.335 e. The first-order valence-electron chi connectivity index (χ1n) is 5.93. The van der Waals surface area contributed by atoms with Crippen LogP contribution in [0.3, 0.4) is 0 Å². The highest BCUT2D eigenvalue weighted by Crippen LogP contribution is 2.16. The number of rotatable bonds is 4. The number of benzene rings is 1. The minimum atomic E-state index is -1.09. The van der Waals surface area contributed by atoms with Gasteiger partial charge in [-0.3, -0.25) is 10.1 Å². The zero-order chi connectivity index (χ0) is 15.2. The summed E-state index contributed by atoms with van der Waals surface area (Å²) >= 11 is 0. The lowest BCUT2D eigenvalue weighted by molar-refractivity contribution is -0.419. The lowest BCUT2D eigenvalue weighted by Gasteiger charge is -2.03. The lowest BCUT2D eigenvalue weighted by atomic mass is 10.1. The van der Waals surface area contributed by atoms with Gasteiger partial charge < -0.3 is 10.4 Å². The molecule has 0 unspecified atom stereocenters. The van der Waals surface area contributed by atoms with Crippen molar-refractivity contribution in [3.8, 4) is 0 Å². The minimum Gasteiger partial charge on any atom is -0.478 e. The van der Waals surface area contributed by atoms with Crippen LogP contribution in [0.15, 0.2) is 59.0 Å². The topological polar surface area (TPSA) is 105 Å². The molecule has 0 spiro atoms. The molecule has 21 heavy (non-hydrogen) atoms. The summed E-state index contributed by atoms with van der Waals surface area (Å²) in [5.74, 6) is -1.09. The summed E-state index contributed by atoms with van der Waals surface area (Å²) in [5.41, 5.74) is 0.568. The van der Waals surface area contributed by atoms with Gasteiger partial charge in [-0.05, 0) is 29.8 Å². The van der Waals surface area contributed by atoms with Gasteiger partial charge in [0.2, 0.25) is 0 Å². The van der Waals surface area contributed by atoms with Crippen LogP contribution < -0.4 is 5.32 Å². The Hall–Kier alpha value is -3.22. The fourth-order valence-corrected chi connectivity index (χ4v) is 1.69. The van der Waals surface area contributed by atoms with Crippen LogP contribution in [0.25, 0.3) is 6.08 Å². The van der Waals surface area contributed by atoms with E-state index in [1.54, 1.807) is 12.1 Å². The average Bonchev–Trinajstić information content (AvgIpc) is 2.73. The van der Waals surface area contributed by atoms with Gasteiger partial charge in [0.05, 0.1) is 16.8 Å². The van der Waals surface area contributed by atoms with Gasteiger partial charge in [0.25, 0.3) is 5.70 Å². The molecule has 7 nitrogen and oxygen atoms in total. The highest BCUT2D eigenvalue weighted by Gasteiger charge is 2.17. The molecule has 1 heterocycles. The van der Waals surface area contributed by atoms with E-state index in [4.69, 9.17) is 5.11 Å². The number of nitro groups is 1. The Bertz CT molecular complexity index is 702. The van der Waals surface area contributed by atoms with E-state index in [0.29, 0.717) is 5.56 Å². The molecule has 1 aromatic rings. The number of hydrogen-bond donors (Lipinski definition) is 2. The Morgan fingerprint density at radius 3 is 2.95 bits per heavy atom. The number of aliphatic imine (C=N–C) groups is 1. The number of carbonyl (C=O) groups is 1. The van der Waals surface area contributed by atoms with Crippen LogP contribution in [0.4, 0.5) is 0 Å². The van der Waals surface area contributed by atoms with Gasteiger partial charge in [0.15, 0.2) is 0 Å². The van der Waals surface area contributed by atoms with Crippen molar-refractivity contribution in [1.82, 2.24) is 5.32 Å². The van der Waals surface area contributed by atoms with Crippen LogP contribution in [0.2, 0.25) is 0 Å². The van der Waals surface area contributed by atoms with E-state index in [1.807, 2.05) is 0 Å². The molecule has 0 aliphatic carbocycles. The molecule has 0 atom stereocenters. The van der Waals surface area contributed by atoms with Crippen LogP contribution in [0, 0.1) is 10.1 Å². The molecule has 0 amide bonds. The fourth-order valence-electron chi connectivity index (χ4n) is 1.69. The molecular weight excluding hydrogens is 274 g/mol. The first kappa shape index (κ1) is 14.2. The molecule has 1 aromatic carbocycles. The van der Waals surface area contributed by atoms with E-state index < -0.39 is 10.9 Å². The number of carboxylic acid groups (broad SMARTS) is 1. The van der Waals surface area contributed by atoms with Crippen molar-refractivity contribution in [1.29, 1.82) is 0 Å². The van der Waals surface area contributed by atoms with Crippen LogP contribution >= 0.6 is 0 Å². The maximum absolute atomic E-state index is 11.2. The molecule has 1 aliphatic heterocycles. The van der Waals surface area contributed by atoms with E-state index in [2.05, 4.69) is 10.3 Å². The molecule has 0 saturated carbocycles. The number of allylic oxidation sites excluding steroid dienone is 2. The molecule has 0 bridgehead atoms. The first-order valence-corrected chi connectivity index (χ1v) is 5.93. The maximum atomic E-state index is 11.2. The van der Waals surface area contributed by atoms with Crippen LogP contribution in [-0.2, 0) is 0 Å². The van der Waals surface area contributed by atoms with Gasteiger partial charge in [0.1, 0.15) is 5.70 Å². The Morgan fingerprint density at radius 1 is 1.43 bits per heavy atom. The molecular formula is C14H11N3O4. The summed E-state index contributed by atoms with van der Waals surface area (Å²) in [7, 11) is 0. The van der Waals surface area contributed by atoms with Crippen molar-refractivity contribution in [2.75, 3.05) is 0 Å². The average molecular weight is 285 g/mol. The number of hydrogen-bond acceptors (Lipinski definition) is 5. The third-order valence-corrected chi connectivity index (χ3v) is 2.64. The molecule has 0 aromatic heterocycles. The zero-order valence-corrected chi connectivity index (χ0v) is 10.8. The molecule has 0 saturated heterocycles.